The van der Waals surface area contributed by atoms with E-state index in [1.54, 1.807) is 7.11 Å². The Morgan fingerprint density at radius 2 is 1.62 bits per heavy atom. The highest BCUT2D eigenvalue weighted by molar-refractivity contribution is 7.80. The Kier molecular flexibility index (Phi) is 4.19. The fourth-order valence-electron chi connectivity index (χ4n) is 5.90. The van der Waals surface area contributed by atoms with Crippen molar-refractivity contribution in [2.45, 2.75) is 51.5 Å². The molecule has 4 aliphatic carbocycles. The van der Waals surface area contributed by atoms with Gasteiger partial charge in [-0.05, 0) is 105 Å². The van der Waals surface area contributed by atoms with Crippen molar-refractivity contribution >= 4 is 23.0 Å². The van der Waals surface area contributed by atoms with E-state index in [-0.39, 0.29) is 0 Å². The summed E-state index contributed by atoms with van der Waals surface area (Å²) in [6.07, 6.45) is 8.66. The lowest BCUT2D eigenvalue weighted by Crippen LogP contribution is -2.56. The molecule has 0 saturated heterocycles. The van der Waals surface area contributed by atoms with Crippen molar-refractivity contribution in [3.8, 4) is 5.75 Å². The first-order valence-corrected chi connectivity index (χ1v) is 9.69. The smallest absolute Gasteiger partial charge is 0.171 e. The maximum absolute atomic E-state index is 5.57. The lowest BCUT2D eigenvalue weighted by Gasteiger charge is -2.59. The van der Waals surface area contributed by atoms with Gasteiger partial charge in [-0.3, -0.25) is 0 Å². The van der Waals surface area contributed by atoms with Gasteiger partial charge in [-0.15, -0.1) is 0 Å². The molecule has 5 rings (SSSR count). The van der Waals surface area contributed by atoms with Gasteiger partial charge in [0, 0.05) is 11.7 Å². The third-order valence-corrected chi connectivity index (χ3v) is 6.92. The van der Waals surface area contributed by atoms with E-state index in [0.29, 0.717) is 11.5 Å². The van der Waals surface area contributed by atoms with E-state index >= 15 is 0 Å². The molecule has 0 heterocycles. The zero-order valence-corrected chi connectivity index (χ0v) is 15.5. The average Bonchev–Trinajstić information content (AvgIpc) is 2.54. The topological polar surface area (TPSA) is 33.3 Å². The van der Waals surface area contributed by atoms with Crippen molar-refractivity contribution < 1.29 is 4.74 Å². The number of benzene rings is 1. The van der Waals surface area contributed by atoms with Crippen LogP contribution in [0.2, 0.25) is 0 Å². The second-order valence-corrected chi connectivity index (χ2v) is 8.74. The molecular formula is C20H28N2OS. The van der Waals surface area contributed by atoms with Crippen LogP contribution in [0.3, 0.4) is 0 Å². The second-order valence-electron chi connectivity index (χ2n) is 8.33. The number of anilines is 1. The Morgan fingerprint density at radius 1 is 1.08 bits per heavy atom. The van der Waals surface area contributed by atoms with Crippen LogP contribution >= 0.6 is 12.2 Å². The molecule has 4 saturated carbocycles. The van der Waals surface area contributed by atoms with Gasteiger partial charge < -0.3 is 15.4 Å². The van der Waals surface area contributed by atoms with Gasteiger partial charge in [0.2, 0.25) is 0 Å². The van der Waals surface area contributed by atoms with E-state index in [2.05, 4.69) is 17.6 Å². The third kappa shape index (κ3) is 3.01. The summed E-state index contributed by atoms with van der Waals surface area (Å²) in [6, 6.07) is 8.36. The first-order valence-electron chi connectivity index (χ1n) is 9.28. The fourth-order valence-corrected chi connectivity index (χ4v) is 6.19. The number of rotatable bonds is 4. The van der Waals surface area contributed by atoms with Gasteiger partial charge in [-0.25, -0.2) is 0 Å². The van der Waals surface area contributed by atoms with E-state index < -0.39 is 0 Å². The van der Waals surface area contributed by atoms with Gasteiger partial charge in [-0.1, -0.05) is 0 Å². The van der Waals surface area contributed by atoms with Crippen LogP contribution in [0.25, 0.3) is 0 Å². The number of nitrogens with one attached hydrogen (secondary N) is 2. The second kappa shape index (κ2) is 6.21. The Balaban J connectivity index is 1.38. The molecule has 24 heavy (non-hydrogen) atoms. The quantitative estimate of drug-likeness (QED) is 0.783. The van der Waals surface area contributed by atoms with E-state index in [1.165, 1.54) is 38.5 Å². The summed E-state index contributed by atoms with van der Waals surface area (Å²) >= 11 is 5.57. The third-order valence-electron chi connectivity index (χ3n) is 6.70. The summed E-state index contributed by atoms with van der Waals surface area (Å²) in [5.74, 6) is 3.79. The van der Waals surface area contributed by atoms with Crippen molar-refractivity contribution in [1.82, 2.24) is 5.32 Å². The molecule has 4 bridgehead atoms. The molecule has 0 amide bonds. The number of ether oxygens (including phenoxy) is 1. The molecule has 1 aromatic rings. The normalized spacial score (nSPS) is 34.7. The monoisotopic (exact) mass is 344 g/mol. The summed E-state index contributed by atoms with van der Waals surface area (Å²) in [5.41, 5.74) is 1.48. The minimum Gasteiger partial charge on any atom is -0.497 e. The summed E-state index contributed by atoms with van der Waals surface area (Å²) in [7, 11) is 1.68. The van der Waals surface area contributed by atoms with Gasteiger partial charge in [0.15, 0.2) is 5.11 Å². The number of hydrogen-bond donors (Lipinski definition) is 2. The SMILES string of the molecule is COc1ccc(NC(=S)NC(C)C23CC4CC(CC(C4)C2)C3)cc1. The van der Waals surface area contributed by atoms with Gasteiger partial charge in [-0.2, -0.15) is 0 Å². The Labute approximate surface area is 150 Å². The lowest BCUT2D eigenvalue weighted by molar-refractivity contribution is -0.0671. The van der Waals surface area contributed by atoms with Crippen LogP contribution in [-0.4, -0.2) is 18.3 Å². The lowest BCUT2D eigenvalue weighted by atomic mass is 9.48. The first kappa shape index (κ1) is 16.2. The van der Waals surface area contributed by atoms with Crippen LogP contribution in [0.15, 0.2) is 24.3 Å². The van der Waals surface area contributed by atoms with Gasteiger partial charge in [0.1, 0.15) is 5.75 Å². The van der Waals surface area contributed by atoms with E-state index in [9.17, 15) is 0 Å². The van der Waals surface area contributed by atoms with Crippen molar-refractivity contribution in [1.29, 1.82) is 0 Å². The highest BCUT2D eigenvalue weighted by Gasteiger charge is 2.53. The molecule has 4 aliphatic rings. The summed E-state index contributed by atoms with van der Waals surface area (Å²) < 4.78 is 5.20. The summed E-state index contributed by atoms with van der Waals surface area (Å²) in [4.78, 5) is 0. The Bertz CT molecular complexity index is 577. The maximum atomic E-state index is 5.57. The van der Waals surface area contributed by atoms with E-state index in [4.69, 9.17) is 17.0 Å². The molecule has 1 atom stereocenters. The molecule has 2 N–H and O–H groups in total. The highest BCUT2D eigenvalue weighted by atomic mass is 32.1. The summed E-state index contributed by atoms with van der Waals surface area (Å²) in [6.45, 7) is 2.34. The van der Waals surface area contributed by atoms with E-state index in [0.717, 1.165) is 34.3 Å². The molecule has 1 aromatic carbocycles. The molecule has 130 valence electrons. The predicted molar refractivity (Wildman–Crippen MR) is 102 cm³/mol. The first-order chi connectivity index (χ1) is 11.6. The summed E-state index contributed by atoms with van der Waals surface area (Å²) in [5, 5.41) is 7.66. The Morgan fingerprint density at radius 3 is 2.12 bits per heavy atom. The molecule has 4 heteroatoms. The largest absolute Gasteiger partial charge is 0.497 e. The molecule has 0 aromatic heterocycles. The number of methoxy groups -OCH3 is 1. The predicted octanol–water partition coefficient (Wildman–Crippen LogP) is 4.59. The standard InChI is InChI=1S/C20H28N2OS/c1-13(20-10-14-7-15(11-20)9-16(8-14)12-20)21-19(24)22-17-3-5-18(23-2)6-4-17/h3-6,13-16H,7-12H2,1-2H3,(H2,21,22,24). The number of thiocarbonyl (C=S) groups is 1. The molecule has 0 aliphatic heterocycles. The van der Waals surface area contributed by atoms with Crippen molar-refractivity contribution in [3.05, 3.63) is 24.3 Å². The van der Waals surface area contributed by atoms with Crippen LogP contribution in [0.4, 0.5) is 5.69 Å². The molecule has 0 radical (unpaired) electrons. The van der Waals surface area contributed by atoms with Gasteiger partial charge in [0.05, 0.1) is 7.11 Å². The maximum Gasteiger partial charge on any atom is 0.171 e. The van der Waals surface area contributed by atoms with Crippen LogP contribution in [0, 0.1) is 23.2 Å². The Hall–Kier alpha value is -1.29. The van der Waals surface area contributed by atoms with Crippen molar-refractivity contribution in [3.63, 3.8) is 0 Å². The molecule has 4 fully saturated rings. The van der Waals surface area contributed by atoms with Crippen LogP contribution < -0.4 is 15.4 Å². The average molecular weight is 345 g/mol. The molecule has 1 unspecified atom stereocenters. The van der Waals surface area contributed by atoms with E-state index in [1.807, 2.05) is 24.3 Å². The van der Waals surface area contributed by atoms with Crippen molar-refractivity contribution in [2.75, 3.05) is 12.4 Å². The zero-order valence-electron chi connectivity index (χ0n) is 14.7. The highest BCUT2D eigenvalue weighted by Crippen LogP contribution is 2.61. The van der Waals surface area contributed by atoms with Gasteiger partial charge >= 0.3 is 0 Å². The fraction of sp³-hybridized carbons (Fsp3) is 0.650. The minimum absolute atomic E-state index is 0.448. The molecule has 0 spiro atoms. The minimum atomic E-state index is 0.448. The number of hydrogen-bond acceptors (Lipinski definition) is 2. The van der Waals surface area contributed by atoms with Crippen LogP contribution in [0.5, 0.6) is 5.75 Å². The van der Waals surface area contributed by atoms with Gasteiger partial charge in [0.25, 0.3) is 0 Å². The zero-order chi connectivity index (χ0) is 16.7. The van der Waals surface area contributed by atoms with Crippen molar-refractivity contribution in [2.24, 2.45) is 23.2 Å². The molecule has 3 nitrogen and oxygen atoms in total. The van der Waals surface area contributed by atoms with Crippen LogP contribution in [0.1, 0.15) is 45.4 Å². The molecular weight excluding hydrogens is 316 g/mol. The van der Waals surface area contributed by atoms with Crippen LogP contribution in [-0.2, 0) is 0 Å².